The Bertz CT molecular complexity index is 488. The third kappa shape index (κ3) is 2.46. The Balaban J connectivity index is 2.19. The molecule has 1 saturated carbocycles. The van der Waals surface area contributed by atoms with Crippen molar-refractivity contribution in [1.82, 2.24) is 0 Å². The second-order valence-electron chi connectivity index (χ2n) is 4.78. The Kier molecular flexibility index (Phi) is 3.85. The van der Waals surface area contributed by atoms with E-state index in [2.05, 4.69) is 10.1 Å². The van der Waals surface area contributed by atoms with E-state index in [-0.39, 0.29) is 12.5 Å². The maximum atomic E-state index is 12.2. The van der Waals surface area contributed by atoms with E-state index < -0.39 is 11.4 Å². The van der Waals surface area contributed by atoms with Gasteiger partial charge in [-0.05, 0) is 25.0 Å². The minimum Gasteiger partial charge on any atom is -0.465 e. The SMILES string of the molecule is COC(=O)c1ccccc1NC(=O)C1(CO)CCC1. The van der Waals surface area contributed by atoms with Crippen LogP contribution in [0.2, 0.25) is 0 Å². The molecule has 2 rings (SSSR count). The summed E-state index contributed by atoms with van der Waals surface area (Å²) in [5.74, 6) is -0.736. The molecule has 19 heavy (non-hydrogen) atoms. The van der Waals surface area contributed by atoms with Gasteiger partial charge in [-0.25, -0.2) is 4.79 Å². The summed E-state index contributed by atoms with van der Waals surface area (Å²) in [5.41, 5.74) is 0.0355. The minimum atomic E-state index is -0.691. The number of esters is 1. The lowest BCUT2D eigenvalue weighted by atomic mass is 9.68. The van der Waals surface area contributed by atoms with Crippen LogP contribution in [0.25, 0.3) is 0 Å². The molecule has 1 aliphatic carbocycles. The molecule has 0 aliphatic heterocycles. The molecule has 1 fully saturated rings. The zero-order chi connectivity index (χ0) is 13.9. The number of anilines is 1. The van der Waals surface area contributed by atoms with Gasteiger partial charge in [0.2, 0.25) is 5.91 Å². The van der Waals surface area contributed by atoms with Gasteiger partial charge in [-0.1, -0.05) is 18.6 Å². The van der Waals surface area contributed by atoms with Crippen molar-refractivity contribution in [3.63, 3.8) is 0 Å². The van der Waals surface area contributed by atoms with Crippen LogP contribution < -0.4 is 5.32 Å². The second-order valence-corrected chi connectivity index (χ2v) is 4.78. The maximum absolute atomic E-state index is 12.2. The minimum absolute atomic E-state index is 0.167. The molecule has 5 nitrogen and oxygen atoms in total. The molecule has 102 valence electrons. The zero-order valence-corrected chi connectivity index (χ0v) is 10.8. The number of nitrogens with one attached hydrogen (secondary N) is 1. The first-order chi connectivity index (χ1) is 9.13. The third-order valence-electron chi connectivity index (χ3n) is 3.68. The number of carbonyl (C=O) groups is 2. The van der Waals surface area contributed by atoms with Gasteiger partial charge >= 0.3 is 5.97 Å². The number of aliphatic hydroxyl groups is 1. The van der Waals surface area contributed by atoms with E-state index in [4.69, 9.17) is 0 Å². The molecule has 0 saturated heterocycles. The van der Waals surface area contributed by atoms with Crippen molar-refractivity contribution in [2.24, 2.45) is 5.41 Å². The van der Waals surface area contributed by atoms with Crippen LogP contribution in [0, 0.1) is 5.41 Å². The van der Waals surface area contributed by atoms with E-state index in [1.54, 1.807) is 24.3 Å². The molecule has 0 heterocycles. The Morgan fingerprint density at radius 2 is 2.05 bits per heavy atom. The summed E-state index contributed by atoms with van der Waals surface area (Å²) in [6.07, 6.45) is 2.29. The molecule has 0 radical (unpaired) electrons. The molecular formula is C14H17NO4. The van der Waals surface area contributed by atoms with Crippen molar-refractivity contribution in [1.29, 1.82) is 0 Å². The van der Waals surface area contributed by atoms with Gasteiger partial charge in [0.05, 0.1) is 30.4 Å². The molecule has 0 bridgehead atoms. The summed E-state index contributed by atoms with van der Waals surface area (Å²) in [6, 6.07) is 6.67. The van der Waals surface area contributed by atoms with Gasteiger partial charge in [-0.15, -0.1) is 0 Å². The fourth-order valence-electron chi connectivity index (χ4n) is 2.20. The summed E-state index contributed by atoms with van der Waals surface area (Å²) >= 11 is 0. The first-order valence-corrected chi connectivity index (χ1v) is 6.22. The lowest BCUT2D eigenvalue weighted by Crippen LogP contribution is -2.45. The summed E-state index contributed by atoms with van der Waals surface area (Å²) in [5, 5.41) is 12.1. The van der Waals surface area contributed by atoms with Crippen LogP contribution in [0.3, 0.4) is 0 Å². The predicted molar refractivity (Wildman–Crippen MR) is 69.8 cm³/mol. The van der Waals surface area contributed by atoms with E-state index in [9.17, 15) is 14.7 Å². The topological polar surface area (TPSA) is 75.6 Å². The number of hydrogen-bond acceptors (Lipinski definition) is 4. The highest BCUT2D eigenvalue weighted by Crippen LogP contribution is 2.41. The Morgan fingerprint density at radius 3 is 2.58 bits per heavy atom. The van der Waals surface area contributed by atoms with Gasteiger partial charge in [-0.3, -0.25) is 4.79 Å². The molecule has 1 aliphatic rings. The molecule has 1 aromatic rings. The van der Waals surface area contributed by atoms with Gasteiger partial charge in [0.1, 0.15) is 0 Å². The largest absolute Gasteiger partial charge is 0.465 e. The van der Waals surface area contributed by atoms with Crippen molar-refractivity contribution < 1.29 is 19.4 Å². The summed E-state index contributed by atoms with van der Waals surface area (Å²) in [7, 11) is 1.29. The van der Waals surface area contributed by atoms with Crippen molar-refractivity contribution in [2.45, 2.75) is 19.3 Å². The number of hydrogen-bond donors (Lipinski definition) is 2. The number of carbonyl (C=O) groups excluding carboxylic acids is 2. The van der Waals surface area contributed by atoms with Crippen LogP contribution in [-0.4, -0.2) is 30.7 Å². The molecular weight excluding hydrogens is 246 g/mol. The fraction of sp³-hybridized carbons (Fsp3) is 0.429. The number of methoxy groups -OCH3 is 1. The lowest BCUT2D eigenvalue weighted by Gasteiger charge is -2.38. The fourth-order valence-corrected chi connectivity index (χ4v) is 2.20. The first kappa shape index (κ1) is 13.5. The smallest absolute Gasteiger partial charge is 0.339 e. The van der Waals surface area contributed by atoms with E-state index in [1.807, 2.05) is 0 Å². The van der Waals surface area contributed by atoms with E-state index >= 15 is 0 Å². The number of benzene rings is 1. The van der Waals surface area contributed by atoms with E-state index in [0.29, 0.717) is 24.1 Å². The molecule has 0 spiro atoms. The number of amides is 1. The Morgan fingerprint density at radius 1 is 1.37 bits per heavy atom. The van der Waals surface area contributed by atoms with Crippen molar-refractivity contribution >= 4 is 17.6 Å². The summed E-state index contributed by atoms with van der Waals surface area (Å²) in [6.45, 7) is -0.167. The summed E-state index contributed by atoms with van der Waals surface area (Å²) in [4.78, 5) is 23.8. The predicted octanol–water partition coefficient (Wildman–Crippen LogP) is 1.57. The highest BCUT2D eigenvalue weighted by molar-refractivity contribution is 6.03. The number of aliphatic hydroxyl groups excluding tert-OH is 1. The lowest BCUT2D eigenvalue weighted by molar-refractivity contribution is -0.133. The molecule has 0 aromatic heterocycles. The standard InChI is InChI=1S/C14H17NO4/c1-19-12(17)10-5-2-3-6-11(10)15-13(18)14(9-16)7-4-8-14/h2-3,5-6,16H,4,7-9H2,1H3,(H,15,18). The molecule has 0 unspecified atom stereocenters. The molecule has 2 N–H and O–H groups in total. The van der Waals surface area contributed by atoms with Crippen LogP contribution in [0.5, 0.6) is 0 Å². The van der Waals surface area contributed by atoms with Crippen LogP contribution in [0.4, 0.5) is 5.69 Å². The van der Waals surface area contributed by atoms with Crippen molar-refractivity contribution in [3.05, 3.63) is 29.8 Å². The van der Waals surface area contributed by atoms with Crippen molar-refractivity contribution in [3.8, 4) is 0 Å². The molecule has 0 atom stereocenters. The van der Waals surface area contributed by atoms with E-state index in [1.165, 1.54) is 7.11 Å². The first-order valence-electron chi connectivity index (χ1n) is 6.22. The van der Waals surface area contributed by atoms with Gasteiger partial charge in [0.25, 0.3) is 0 Å². The van der Waals surface area contributed by atoms with Crippen LogP contribution in [0.1, 0.15) is 29.6 Å². The molecule has 1 amide bonds. The number of ether oxygens (including phenoxy) is 1. The maximum Gasteiger partial charge on any atom is 0.339 e. The Labute approximate surface area is 111 Å². The average Bonchev–Trinajstić information content (AvgIpc) is 2.38. The molecule has 1 aromatic carbocycles. The third-order valence-corrected chi connectivity index (χ3v) is 3.68. The van der Waals surface area contributed by atoms with Crippen LogP contribution in [0.15, 0.2) is 24.3 Å². The normalized spacial score (nSPS) is 16.3. The van der Waals surface area contributed by atoms with Gasteiger partial charge in [0, 0.05) is 0 Å². The highest BCUT2D eigenvalue weighted by Gasteiger charge is 2.43. The van der Waals surface area contributed by atoms with Gasteiger partial charge in [0.15, 0.2) is 0 Å². The quantitative estimate of drug-likeness (QED) is 0.809. The van der Waals surface area contributed by atoms with Crippen molar-refractivity contribution in [2.75, 3.05) is 19.0 Å². The average molecular weight is 263 g/mol. The zero-order valence-electron chi connectivity index (χ0n) is 10.8. The number of para-hydroxylation sites is 1. The van der Waals surface area contributed by atoms with Crippen LogP contribution >= 0.6 is 0 Å². The summed E-state index contributed by atoms with van der Waals surface area (Å²) < 4.78 is 4.67. The monoisotopic (exact) mass is 263 g/mol. The Hall–Kier alpha value is -1.88. The molecule has 5 heteroatoms. The number of rotatable bonds is 4. The second kappa shape index (κ2) is 5.40. The highest BCUT2D eigenvalue weighted by atomic mass is 16.5. The van der Waals surface area contributed by atoms with Crippen LogP contribution in [-0.2, 0) is 9.53 Å². The van der Waals surface area contributed by atoms with Gasteiger partial charge < -0.3 is 15.2 Å². The van der Waals surface area contributed by atoms with E-state index in [0.717, 1.165) is 6.42 Å². The van der Waals surface area contributed by atoms with Gasteiger partial charge in [-0.2, -0.15) is 0 Å².